The van der Waals surface area contributed by atoms with Crippen LogP contribution in [0.3, 0.4) is 0 Å². The highest BCUT2D eigenvalue weighted by Crippen LogP contribution is 2.30. The molecule has 0 bridgehead atoms. The molecular weight excluding hydrogens is 412 g/mol. The molecule has 0 spiro atoms. The Morgan fingerprint density at radius 3 is 2.60 bits per heavy atom. The van der Waals surface area contributed by atoms with Gasteiger partial charge in [0, 0.05) is 20.7 Å². The molecule has 0 aliphatic carbocycles. The fourth-order valence-electron chi connectivity index (χ4n) is 1.35. The zero-order chi connectivity index (χ0) is 15.3. The summed E-state index contributed by atoms with van der Waals surface area (Å²) in [5.74, 6) is -1.11. The first-order valence-electron chi connectivity index (χ1n) is 5.65. The van der Waals surface area contributed by atoms with Gasteiger partial charge < -0.3 is 15.7 Å². The van der Waals surface area contributed by atoms with E-state index < -0.39 is 12.0 Å². The van der Waals surface area contributed by atoms with Crippen molar-refractivity contribution in [3.63, 3.8) is 0 Å². The Hall–Kier alpha value is -0.730. The van der Waals surface area contributed by atoms with E-state index in [9.17, 15) is 9.59 Å². The van der Waals surface area contributed by atoms with E-state index >= 15 is 0 Å². The minimum absolute atomic E-state index is 0.0133. The van der Waals surface area contributed by atoms with Crippen molar-refractivity contribution in [1.82, 2.24) is 5.32 Å². The number of anilines is 1. The number of aromatic carboxylic acids is 1. The second-order valence-electron chi connectivity index (χ2n) is 4.00. The summed E-state index contributed by atoms with van der Waals surface area (Å²) in [4.78, 5) is 23.0. The van der Waals surface area contributed by atoms with Crippen LogP contribution in [0.15, 0.2) is 21.1 Å². The third-order valence-electron chi connectivity index (χ3n) is 2.48. The maximum absolute atomic E-state index is 11.8. The second-order valence-corrected chi connectivity index (χ2v) is 7.04. The Morgan fingerprint density at radius 1 is 1.40 bits per heavy atom. The number of benzene rings is 1. The zero-order valence-corrected chi connectivity index (χ0v) is 14.9. The van der Waals surface area contributed by atoms with Crippen LogP contribution in [-0.4, -0.2) is 35.2 Å². The molecule has 110 valence electrons. The zero-order valence-electron chi connectivity index (χ0n) is 10.9. The van der Waals surface area contributed by atoms with Gasteiger partial charge in [-0.25, -0.2) is 9.59 Å². The minimum atomic E-state index is -1.11. The number of rotatable bonds is 5. The summed E-state index contributed by atoms with van der Waals surface area (Å²) in [7, 11) is 0. The summed E-state index contributed by atoms with van der Waals surface area (Å²) in [6, 6.07) is 2.68. The van der Waals surface area contributed by atoms with Crippen LogP contribution in [0.2, 0.25) is 0 Å². The van der Waals surface area contributed by atoms with Gasteiger partial charge in [0.15, 0.2) is 0 Å². The van der Waals surface area contributed by atoms with Crippen LogP contribution < -0.4 is 10.6 Å². The highest BCUT2D eigenvalue weighted by Gasteiger charge is 2.17. The Balaban J connectivity index is 2.86. The Morgan fingerprint density at radius 2 is 2.05 bits per heavy atom. The fourth-order valence-corrected chi connectivity index (χ4v) is 2.92. The van der Waals surface area contributed by atoms with Gasteiger partial charge in [-0.15, -0.1) is 0 Å². The number of urea groups is 1. The predicted octanol–water partition coefficient (Wildman–Crippen LogP) is 3.78. The van der Waals surface area contributed by atoms with E-state index in [2.05, 4.69) is 42.5 Å². The van der Waals surface area contributed by atoms with Gasteiger partial charge in [0.25, 0.3) is 0 Å². The number of carbonyl (C=O) groups is 2. The van der Waals surface area contributed by atoms with Gasteiger partial charge in [-0.1, -0.05) is 22.9 Å². The van der Waals surface area contributed by atoms with Crippen LogP contribution in [0.1, 0.15) is 17.3 Å². The molecule has 20 heavy (non-hydrogen) atoms. The van der Waals surface area contributed by atoms with Crippen LogP contribution in [0.25, 0.3) is 0 Å². The minimum Gasteiger partial charge on any atom is -0.478 e. The number of carboxylic acid groups (broad SMARTS) is 1. The van der Waals surface area contributed by atoms with Crippen molar-refractivity contribution in [2.45, 2.75) is 12.2 Å². The van der Waals surface area contributed by atoms with Gasteiger partial charge in [-0.05, 0) is 34.3 Å². The number of thioether (sulfide) groups is 1. The van der Waals surface area contributed by atoms with Crippen molar-refractivity contribution < 1.29 is 14.7 Å². The molecule has 0 saturated heterocycles. The first kappa shape index (κ1) is 17.3. The summed E-state index contributed by atoms with van der Waals surface area (Å²) >= 11 is 8.10. The molecule has 2 amide bonds. The van der Waals surface area contributed by atoms with Crippen LogP contribution in [-0.2, 0) is 0 Å². The van der Waals surface area contributed by atoms with Gasteiger partial charge in [0.1, 0.15) is 0 Å². The van der Waals surface area contributed by atoms with E-state index in [0.29, 0.717) is 15.5 Å². The Bertz CT molecular complexity index is 526. The van der Waals surface area contributed by atoms with Gasteiger partial charge in [-0.3, -0.25) is 0 Å². The lowest BCUT2D eigenvalue weighted by molar-refractivity contribution is 0.0698. The van der Waals surface area contributed by atoms with Crippen molar-refractivity contribution in [3.05, 3.63) is 26.6 Å². The quantitative estimate of drug-likeness (QED) is 0.670. The van der Waals surface area contributed by atoms with Gasteiger partial charge >= 0.3 is 12.0 Å². The molecule has 1 aromatic carbocycles. The summed E-state index contributed by atoms with van der Waals surface area (Å²) in [5, 5.41) is 14.7. The summed E-state index contributed by atoms with van der Waals surface area (Å²) in [6.45, 7) is 2.49. The summed E-state index contributed by atoms with van der Waals surface area (Å²) in [5.41, 5.74) is 0.245. The van der Waals surface area contributed by atoms with Crippen molar-refractivity contribution in [2.75, 3.05) is 18.1 Å². The van der Waals surface area contributed by atoms with Crippen LogP contribution >= 0.6 is 43.6 Å². The van der Waals surface area contributed by atoms with Crippen molar-refractivity contribution in [1.29, 1.82) is 0 Å². The van der Waals surface area contributed by atoms with E-state index in [1.54, 1.807) is 17.8 Å². The van der Waals surface area contributed by atoms with Crippen molar-refractivity contribution in [2.24, 2.45) is 0 Å². The van der Waals surface area contributed by atoms with Crippen LogP contribution in [0.5, 0.6) is 0 Å². The van der Waals surface area contributed by atoms with Gasteiger partial charge in [0.2, 0.25) is 0 Å². The molecule has 1 atom stereocenters. The second kappa shape index (κ2) is 7.90. The topological polar surface area (TPSA) is 78.4 Å². The smallest absolute Gasteiger partial charge is 0.337 e. The maximum Gasteiger partial charge on any atom is 0.337 e. The molecule has 0 aliphatic heterocycles. The predicted molar refractivity (Wildman–Crippen MR) is 88.8 cm³/mol. The molecule has 3 N–H and O–H groups in total. The molecule has 0 radical (unpaired) electrons. The van der Waals surface area contributed by atoms with Gasteiger partial charge in [0.05, 0.1) is 11.3 Å². The standard InChI is InChI=1S/C12H14Br2N2O3S/c1-6(20-2)5-15-12(19)16-10-8(11(17)18)3-7(13)4-9(10)14/h3-4,6H,5H2,1-2H3,(H,17,18)(H2,15,16,19). The normalized spacial score (nSPS) is 11.8. The number of hydrogen-bond donors (Lipinski definition) is 3. The third-order valence-corrected chi connectivity index (χ3v) is 4.53. The molecule has 0 fully saturated rings. The lowest BCUT2D eigenvalue weighted by Gasteiger charge is -2.14. The van der Waals surface area contributed by atoms with Gasteiger partial charge in [-0.2, -0.15) is 11.8 Å². The van der Waals surface area contributed by atoms with E-state index in [1.165, 1.54) is 6.07 Å². The summed E-state index contributed by atoms with van der Waals surface area (Å²) in [6.07, 6.45) is 1.96. The largest absolute Gasteiger partial charge is 0.478 e. The molecule has 1 rings (SSSR count). The number of hydrogen-bond acceptors (Lipinski definition) is 3. The first-order chi connectivity index (χ1) is 9.35. The fraction of sp³-hybridized carbons (Fsp3) is 0.333. The SMILES string of the molecule is CSC(C)CNC(=O)Nc1c(Br)cc(Br)cc1C(=O)O. The molecule has 0 heterocycles. The average molecular weight is 426 g/mol. The molecule has 0 saturated carbocycles. The number of amides is 2. The molecule has 1 aromatic rings. The summed E-state index contributed by atoms with van der Waals surface area (Å²) < 4.78 is 1.11. The number of nitrogens with one attached hydrogen (secondary N) is 2. The van der Waals surface area contributed by atoms with Crippen LogP contribution in [0.4, 0.5) is 10.5 Å². The molecule has 5 nitrogen and oxygen atoms in total. The van der Waals surface area contributed by atoms with E-state index in [-0.39, 0.29) is 16.5 Å². The highest BCUT2D eigenvalue weighted by molar-refractivity contribution is 9.11. The molecular formula is C12H14Br2N2O3S. The third kappa shape index (κ3) is 4.99. The number of carbonyl (C=O) groups excluding carboxylic acids is 1. The number of halogens is 2. The lowest BCUT2D eigenvalue weighted by Crippen LogP contribution is -2.33. The number of carboxylic acids is 1. The van der Waals surface area contributed by atoms with Crippen molar-refractivity contribution in [3.8, 4) is 0 Å². The van der Waals surface area contributed by atoms with E-state index in [4.69, 9.17) is 5.11 Å². The highest BCUT2D eigenvalue weighted by atomic mass is 79.9. The Labute approximate surface area is 138 Å². The van der Waals surface area contributed by atoms with Crippen molar-refractivity contribution >= 4 is 61.3 Å². The van der Waals surface area contributed by atoms with Crippen LogP contribution in [0, 0.1) is 0 Å². The molecule has 0 aromatic heterocycles. The molecule has 0 aliphatic rings. The lowest BCUT2D eigenvalue weighted by atomic mass is 10.2. The maximum atomic E-state index is 11.8. The Kier molecular flexibility index (Phi) is 6.84. The van der Waals surface area contributed by atoms with E-state index in [1.807, 2.05) is 13.2 Å². The molecule has 8 heteroatoms. The average Bonchev–Trinajstić information content (AvgIpc) is 2.38. The first-order valence-corrected chi connectivity index (χ1v) is 8.52. The van der Waals surface area contributed by atoms with E-state index in [0.717, 1.165) is 0 Å². The monoisotopic (exact) mass is 424 g/mol. The molecule has 1 unspecified atom stereocenters.